The predicted octanol–water partition coefficient (Wildman–Crippen LogP) is 4.55. The van der Waals surface area contributed by atoms with Gasteiger partial charge in [0.1, 0.15) is 0 Å². The highest BCUT2D eigenvalue weighted by Gasteiger charge is 2.21. The number of nitro benzene ring substituents is 1. The molecule has 31 heavy (non-hydrogen) atoms. The van der Waals surface area contributed by atoms with Gasteiger partial charge in [0.05, 0.1) is 10.5 Å². The average Bonchev–Trinajstić information content (AvgIpc) is 3.19. The van der Waals surface area contributed by atoms with Crippen LogP contribution in [0, 0.1) is 16.0 Å². The second-order valence-electron chi connectivity index (χ2n) is 7.41. The molecule has 2 aromatic carbocycles. The summed E-state index contributed by atoms with van der Waals surface area (Å²) in [7, 11) is 0. The van der Waals surface area contributed by atoms with Gasteiger partial charge in [-0.3, -0.25) is 14.9 Å². The summed E-state index contributed by atoms with van der Waals surface area (Å²) in [5, 5.41) is 23.4. The number of benzene rings is 2. The molecule has 3 rings (SSSR count). The third-order valence-corrected chi connectivity index (χ3v) is 5.67. The number of aromatic nitrogens is 3. The first-order chi connectivity index (χ1) is 14.9. The van der Waals surface area contributed by atoms with Crippen LogP contribution in [0.1, 0.15) is 36.7 Å². The number of carbonyl (C=O) groups excluding carboxylic acids is 1. The van der Waals surface area contributed by atoms with Crippen LogP contribution in [0.25, 0.3) is 11.4 Å². The number of amides is 1. The number of rotatable bonds is 9. The van der Waals surface area contributed by atoms with E-state index in [1.165, 1.54) is 17.8 Å². The van der Waals surface area contributed by atoms with E-state index in [4.69, 9.17) is 0 Å². The molecule has 162 valence electrons. The molecular formula is C22H25N5O3S. The van der Waals surface area contributed by atoms with Gasteiger partial charge < -0.3 is 9.88 Å². The minimum atomic E-state index is -0.407. The lowest BCUT2D eigenvalue weighted by Gasteiger charge is -2.09. The van der Waals surface area contributed by atoms with Crippen molar-refractivity contribution in [3.05, 3.63) is 69.8 Å². The minimum Gasteiger partial charge on any atom is -0.352 e. The monoisotopic (exact) mass is 439 g/mol. The van der Waals surface area contributed by atoms with Gasteiger partial charge in [-0.25, -0.2) is 0 Å². The summed E-state index contributed by atoms with van der Waals surface area (Å²) in [5.41, 5.74) is 2.13. The Kier molecular flexibility index (Phi) is 7.41. The lowest BCUT2D eigenvalue weighted by molar-refractivity contribution is -0.384. The van der Waals surface area contributed by atoms with Crippen molar-refractivity contribution in [1.29, 1.82) is 0 Å². The van der Waals surface area contributed by atoms with Crippen molar-refractivity contribution in [3.8, 4) is 11.4 Å². The number of para-hydroxylation sites is 1. The van der Waals surface area contributed by atoms with Gasteiger partial charge in [-0.15, -0.1) is 10.2 Å². The fourth-order valence-electron chi connectivity index (χ4n) is 3.00. The number of nitro groups is 1. The minimum absolute atomic E-state index is 0.00693. The van der Waals surface area contributed by atoms with Gasteiger partial charge in [0.25, 0.3) is 11.6 Å². The van der Waals surface area contributed by atoms with Crippen LogP contribution in [-0.2, 0) is 12.3 Å². The lowest BCUT2D eigenvalue weighted by atomic mass is 10.1. The lowest BCUT2D eigenvalue weighted by Crippen LogP contribution is -2.27. The highest BCUT2D eigenvalue weighted by atomic mass is 32.2. The van der Waals surface area contributed by atoms with E-state index in [0.717, 1.165) is 5.56 Å². The van der Waals surface area contributed by atoms with Gasteiger partial charge in [0.15, 0.2) is 11.0 Å². The quantitative estimate of drug-likeness (QED) is 0.298. The molecule has 0 spiro atoms. The number of nitrogens with one attached hydrogen (secondary N) is 1. The maximum atomic E-state index is 12.2. The van der Waals surface area contributed by atoms with Gasteiger partial charge in [0, 0.05) is 30.5 Å². The second kappa shape index (κ2) is 10.2. The predicted molar refractivity (Wildman–Crippen MR) is 121 cm³/mol. The molecule has 0 saturated heterocycles. The van der Waals surface area contributed by atoms with Crippen molar-refractivity contribution in [1.82, 2.24) is 20.1 Å². The molecule has 0 radical (unpaired) electrons. The van der Waals surface area contributed by atoms with Crippen molar-refractivity contribution in [2.75, 3.05) is 6.54 Å². The van der Waals surface area contributed by atoms with Gasteiger partial charge in [-0.2, -0.15) is 0 Å². The molecule has 0 fully saturated rings. The van der Waals surface area contributed by atoms with Gasteiger partial charge in [-0.05, 0) is 36.6 Å². The van der Waals surface area contributed by atoms with Gasteiger partial charge in [0.2, 0.25) is 0 Å². The summed E-state index contributed by atoms with van der Waals surface area (Å²) in [4.78, 5) is 23.1. The number of thioether (sulfide) groups is 1. The Morgan fingerprint density at radius 1 is 1.16 bits per heavy atom. The van der Waals surface area contributed by atoms with Gasteiger partial charge >= 0.3 is 0 Å². The van der Waals surface area contributed by atoms with Crippen LogP contribution in [0.5, 0.6) is 0 Å². The molecule has 0 atom stereocenters. The molecule has 1 aromatic heterocycles. The second-order valence-corrected chi connectivity index (χ2v) is 8.36. The van der Waals surface area contributed by atoms with E-state index in [1.54, 1.807) is 18.2 Å². The smallest absolute Gasteiger partial charge is 0.280 e. The number of carbonyl (C=O) groups is 1. The molecular weight excluding hydrogens is 414 g/mol. The fraction of sp³-hybridized carbons (Fsp3) is 0.318. The third-order valence-electron chi connectivity index (χ3n) is 4.63. The molecule has 1 heterocycles. The van der Waals surface area contributed by atoms with Gasteiger partial charge in [-0.1, -0.05) is 49.9 Å². The van der Waals surface area contributed by atoms with E-state index in [9.17, 15) is 14.9 Å². The molecule has 0 saturated carbocycles. The SMILES string of the molecule is CCn1c(SCc2ccc(C(=O)NCC(C)C)cc2)nnc1-c1ccccc1[N+](=O)[O-]. The first-order valence-electron chi connectivity index (χ1n) is 10.1. The van der Waals surface area contributed by atoms with Crippen molar-refractivity contribution in [3.63, 3.8) is 0 Å². The molecule has 0 aliphatic carbocycles. The molecule has 0 aliphatic heterocycles. The van der Waals surface area contributed by atoms with Crippen LogP contribution in [0.4, 0.5) is 5.69 Å². The number of nitrogens with zero attached hydrogens (tertiary/aromatic N) is 4. The van der Waals surface area contributed by atoms with Crippen molar-refractivity contribution in [2.24, 2.45) is 5.92 Å². The Morgan fingerprint density at radius 3 is 2.52 bits per heavy atom. The third kappa shape index (κ3) is 5.49. The van der Waals surface area contributed by atoms with E-state index in [-0.39, 0.29) is 11.6 Å². The van der Waals surface area contributed by atoms with Crippen molar-refractivity contribution >= 4 is 23.4 Å². The van der Waals surface area contributed by atoms with E-state index in [2.05, 4.69) is 29.4 Å². The first kappa shape index (κ1) is 22.5. The topological polar surface area (TPSA) is 103 Å². The summed E-state index contributed by atoms with van der Waals surface area (Å²) in [6.07, 6.45) is 0. The summed E-state index contributed by atoms with van der Waals surface area (Å²) in [6, 6.07) is 14.0. The molecule has 9 heteroatoms. The number of hydrogen-bond donors (Lipinski definition) is 1. The Hall–Kier alpha value is -3.20. The fourth-order valence-corrected chi connectivity index (χ4v) is 3.96. The molecule has 3 aromatic rings. The Labute approximate surface area is 185 Å². The van der Waals surface area contributed by atoms with Crippen LogP contribution in [0.15, 0.2) is 53.7 Å². The maximum Gasteiger partial charge on any atom is 0.280 e. The summed E-state index contributed by atoms with van der Waals surface area (Å²) in [6.45, 7) is 7.29. The first-order valence-corrected chi connectivity index (χ1v) is 11.1. The maximum absolute atomic E-state index is 12.2. The van der Waals surface area contributed by atoms with Crippen LogP contribution in [0.3, 0.4) is 0 Å². The summed E-state index contributed by atoms with van der Waals surface area (Å²) < 4.78 is 1.88. The zero-order chi connectivity index (χ0) is 22.4. The molecule has 0 bridgehead atoms. The molecule has 0 unspecified atom stereocenters. The van der Waals surface area contributed by atoms with Crippen LogP contribution in [0.2, 0.25) is 0 Å². The zero-order valence-corrected chi connectivity index (χ0v) is 18.6. The van der Waals surface area contributed by atoms with E-state index < -0.39 is 4.92 Å². The highest BCUT2D eigenvalue weighted by molar-refractivity contribution is 7.98. The van der Waals surface area contributed by atoms with Crippen LogP contribution >= 0.6 is 11.8 Å². The van der Waals surface area contributed by atoms with E-state index in [0.29, 0.717) is 46.9 Å². The van der Waals surface area contributed by atoms with Crippen molar-refractivity contribution < 1.29 is 9.72 Å². The Balaban J connectivity index is 1.72. The normalized spacial score (nSPS) is 11.0. The van der Waals surface area contributed by atoms with Crippen LogP contribution in [-0.4, -0.2) is 32.1 Å². The number of hydrogen-bond acceptors (Lipinski definition) is 6. The van der Waals surface area contributed by atoms with E-state index >= 15 is 0 Å². The Bertz CT molecular complexity index is 1060. The molecule has 1 N–H and O–H groups in total. The van der Waals surface area contributed by atoms with Crippen LogP contribution < -0.4 is 5.32 Å². The summed E-state index contributed by atoms with van der Waals surface area (Å²) in [5.74, 6) is 1.45. The summed E-state index contributed by atoms with van der Waals surface area (Å²) >= 11 is 1.50. The Morgan fingerprint density at radius 2 is 1.87 bits per heavy atom. The average molecular weight is 440 g/mol. The molecule has 1 amide bonds. The van der Waals surface area contributed by atoms with E-state index in [1.807, 2.05) is 35.8 Å². The zero-order valence-electron chi connectivity index (χ0n) is 17.7. The van der Waals surface area contributed by atoms with Crippen molar-refractivity contribution in [2.45, 2.75) is 38.2 Å². The highest BCUT2D eigenvalue weighted by Crippen LogP contribution is 2.31. The molecule has 0 aliphatic rings. The largest absolute Gasteiger partial charge is 0.352 e. The molecule has 8 nitrogen and oxygen atoms in total. The standard InChI is InChI=1S/C22H25N5O3S/c1-4-26-20(18-7-5-6-8-19(18)27(29)30)24-25-22(26)31-14-16-9-11-17(12-10-16)21(28)23-13-15(2)3/h5-12,15H,4,13-14H2,1-3H3,(H,23,28).